The van der Waals surface area contributed by atoms with Gasteiger partial charge >= 0.3 is 0 Å². The van der Waals surface area contributed by atoms with Crippen LogP contribution in [0.25, 0.3) is 11.4 Å². The number of anilines is 1. The number of rotatable bonds is 3. The molecular formula is C13H8Cl2N4O2. The van der Waals surface area contributed by atoms with E-state index in [0.717, 1.165) is 5.56 Å². The Morgan fingerprint density at radius 3 is 2.86 bits per heavy atom. The summed E-state index contributed by atoms with van der Waals surface area (Å²) in [6, 6.07) is 6.33. The van der Waals surface area contributed by atoms with E-state index >= 15 is 0 Å². The van der Waals surface area contributed by atoms with E-state index in [4.69, 9.17) is 27.6 Å². The molecule has 0 aliphatic heterocycles. The lowest BCUT2D eigenvalue weighted by molar-refractivity contribution is 0.102. The molecule has 0 aliphatic carbocycles. The van der Waals surface area contributed by atoms with E-state index in [1.54, 1.807) is 12.1 Å². The molecule has 0 saturated heterocycles. The summed E-state index contributed by atoms with van der Waals surface area (Å²) >= 11 is 11.8. The number of benzene rings is 1. The van der Waals surface area contributed by atoms with Gasteiger partial charge in [0.25, 0.3) is 5.91 Å². The fraction of sp³-hybridized carbons (Fsp3) is 0. The molecule has 6 nitrogen and oxygen atoms in total. The summed E-state index contributed by atoms with van der Waals surface area (Å²) in [4.78, 5) is 16.2. The third-order valence-electron chi connectivity index (χ3n) is 2.68. The smallest absolute Gasteiger partial charge is 0.259 e. The highest BCUT2D eigenvalue weighted by Gasteiger charge is 2.14. The Kier molecular flexibility index (Phi) is 3.64. The van der Waals surface area contributed by atoms with E-state index < -0.39 is 5.91 Å². The van der Waals surface area contributed by atoms with Crippen LogP contribution in [-0.2, 0) is 0 Å². The highest BCUT2D eigenvalue weighted by Crippen LogP contribution is 2.22. The normalized spacial score (nSPS) is 10.6. The zero-order chi connectivity index (χ0) is 14.8. The van der Waals surface area contributed by atoms with Gasteiger partial charge in [0, 0.05) is 5.02 Å². The van der Waals surface area contributed by atoms with Crippen molar-refractivity contribution < 1.29 is 9.21 Å². The van der Waals surface area contributed by atoms with Crippen LogP contribution >= 0.6 is 23.2 Å². The SMILES string of the molecule is O=C(Nc1n[nH]c(-c2ccoc2)n1)c1ccc(Cl)cc1Cl. The van der Waals surface area contributed by atoms with Gasteiger partial charge in [0.1, 0.15) is 6.26 Å². The van der Waals surface area contributed by atoms with Gasteiger partial charge in [-0.15, -0.1) is 5.10 Å². The molecule has 1 amide bonds. The van der Waals surface area contributed by atoms with Crippen molar-refractivity contribution in [3.8, 4) is 11.4 Å². The van der Waals surface area contributed by atoms with Gasteiger partial charge in [0.2, 0.25) is 5.95 Å². The van der Waals surface area contributed by atoms with Crippen molar-refractivity contribution in [2.45, 2.75) is 0 Å². The van der Waals surface area contributed by atoms with Crippen molar-refractivity contribution in [2.24, 2.45) is 0 Å². The Morgan fingerprint density at radius 2 is 2.14 bits per heavy atom. The van der Waals surface area contributed by atoms with E-state index in [-0.39, 0.29) is 16.5 Å². The average molecular weight is 323 g/mol. The molecule has 2 aromatic heterocycles. The van der Waals surface area contributed by atoms with E-state index in [9.17, 15) is 4.79 Å². The number of hydrogen-bond donors (Lipinski definition) is 2. The molecule has 0 spiro atoms. The number of H-pyrrole nitrogens is 1. The van der Waals surface area contributed by atoms with Gasteiger partial charge in [-0.3, -0.25) is 15.2 Å². The number of aromatic nitrogens is 3. The average Bonchev–Trinajstić information content (AvgIpc) is 3.08. The molecule has 2 N–H and O–H groups in total. The third kappa shape index (κ3) is 2.91. The first-order valence-corrected chi connectivity index (χ1v) is 6.60. The number of amides is 1. The molecule has 0 radical (unpaired) electrons. The molecule has 3 aromatic rings. The molecule has 0 bridgehead atoms. The first kappa shape index (κ1) is 13.7. The second-order valence-corrected chi connectivity index (χ2v) is 4.94. The van der Waals surface area contributed by atoms with E-state index in [2.05, 4.69) is 20.5 Å². The summed E-state index contributed by atoms with van der Waals surface area (Å²) in [5, 5.41) is 9.87. The molecule has 0 saturated carbocycles. The molecule has 0 aliphatic rings. The van der Waals surface area contributed by atoms with Crippen molar-refractivity contribution in [1.82, 2.24) is 15.2 Å². The predicted octanol–water partition coefficient (Wildman–Crippen LogP) is 3.62. The molecule has 8 heteroatoms. The summed E-state index contributed by atoms with van der Waals surface area (Å²) in [6.45, 7) is 0. The largest absolute Gasteiger partial charge is 0.472 e. The maximum absolute atomic E-state index is 12.1. The minimum Gasteiger partial charge on any atom is -0.472 e. The van der Waals surface area contributed by atoms with Crippen molar-refractivity contribution in [3.05, 3.63) is 52.4 Å². The molecule has 2 heterocycles. The molecular weight excluding hydrogens is 315 g/mol. The summed E-state index contributed by atoms with van der Waals surface area (Å²) in [5.41, 5.74) is 1.02. The topological polar surface area (TPSA) is 83.8 Å². The van der Waals surface area contributed by atoms with Crippen LogP contribution in [0.5, 0.6) is 0 Å². The van der Waals surface area contributed by atoms with Crippen LogP contribution in [0.4, 0.5) is 5.95 Å². The molecule has 0 fully saturated rings. The molecule has 0 unspecified atom stereocenters. The van der Waals surface area contributed by atoms with Gasteiger partial charge in [0.15, 0.2) is 5.82 Å². The Balaban J connectivity index is 1.79. The standard InChI is InChI=1S/C13H8Cl2N4O2/c14-8-1-2-9(10(15)5-8)12(20)17-13-16-11(18-19-13)7-3-4-21-6-7/h1-6H,(H2,16,17,18,19,20). The number of carbonyl (C=O) groups excluding carboxylic acids is 1. The molecule has 1 aromatic carbocycles. The van der Waals surface area contributed by atoms with Crippen LogP contribution in [0.15, 0.2) is 41.2 Å². The Labute approximate surface area is 129 Å². The maximum atomic E-state index is 12.1. The number of aromatic amines is 1. The first-order chi connectivity index (χ1) is 10.1. The van der Waals surface area contributed by atoms with Crippen LogP contribution in [0.2, 0.25) is 10.0 Å². The molecule has 21 heavy (non-hydrogen) atoms. The van der Waals surface area contributed by atoms with Gasteiger partial charge < -0.3 is 4.42 Å². The van der Waals surface area contributed by atoms with Crippen molar-refractivity contribution in [2.75, 3.05) is 5.32 Å². The highest BCUT2D eigenvalue weighted by atomic mass is 35.5. The fourth-order valence-electron chi connectivity index (χ4n) is 1.69. The first-order valence-electron chi connectivity index (χ1n) is 5.85. The van der Waals surface area contributed by atoms with E-state index in [1.807, 2.05) is 0 Å². The fourth-order valence-corrected chi connectivity index (χ4v) is 2.18. The van der Waals surface area contributed by atoms with E-state index in [1.165, 1.54) is 24.7 Å². The van der Waals surface area contributed by atoms with Crippen molar-refractivity contribution in [3.63, 3.8) is 0 Å². The zero-order valence-corrected chi connectivity index (χ0v) is 11.9. The van der Waals surface area contributed by atoms with Gasteiger partial charge in [-0.2, -0.15) is 4.98 Å². The Morgan fingerprint density at radius 1 is 1.29 bits per heavy atom. The lowest BCUT2D eigenvalue weighted by Gasteiger charge is -2.03. The molecule has 106 valence electrons. The van der Waals surface area contributed by atoms with Gasteiger partial charge in [-0.25, -0.2) is 0 Å². The summed E-state index contributed by atoms with van der Waals surface area (Å²) in [6.07, 6.45) is 3.03. The van der Waals surface area contributed by atoms with Gasteiger partial charge in [-0.05, 0) is 24.3 Å². The predicted molar refractivity (Wildman–Crippen MR) is 78.5 cm³/mol. The maximum Gasteiger partial charge on any atom is 0.259 e. The second kappa shape index (κ2) is 5.59. The van der Waals surface area contributed by atoms with Gasteiger partial charge in [0.05, 0.1) is 22.4 Å². The van der Waals surface area contributed by atoms with Crippen molar-refractivity contribution in [1.29, 1.82) is 0 Å². The van der Waals surface area contributed by atoms with Crippen LogP contribution < -0.4 is 5.32 Å². The number of carbonyl (C=O) groups is 1. The van der Waals surface area contributed by atoms with E-state index in [0.29, 0.717) is 10.8 Å². The van der Waals surface area contributed by atoms with Gasteiger partial charge in [-0.1, -0.05) is 23.2 Å². The summed E-state index contributed by atoms with van der Waals surface area (Å²) in [7, 11) is 0. The van der Waals surface area contributed by atoms with Crippen LogP contribution in [-0.4, -0.2) is 21.1 Å². The third-order valence-corrected chi connectivity index (χ3v) is 3.23. The molecule has 3 rings (SSSR count). The minimum atomic E-state index is -0.422. The summed E-state index contributed by atoms with van der Waals surface area (Å²) in [5.74, 6) is 0.206. The lowest BCUT2D eigenvalue weighted by atomic mass is 10.2. The Bertz CT molecular complexity index is 783. The Hall–Kier alpha value is -2.31. The van der Waals surface area contributed by atoms with Crippen LogP contribution in [0.1, 0.15) is 10.4 Å². The van der Waals surface area contributed by atoms with Crippen LogP contribution in [0, 0.1) is 0 Å². The zero-order valence-electron chi connectivity index (χ0n) is 10.4. The number of hydrogen-bond acceptors (Lipinski definition) is 4. The lowest BCUT2D eigenvalue weighted by Crippen LogP contribution is -2.13. The van der Waals surface area contributed by atoms with Crippen molar-refractivity contribution >= 4 is 35.1 Å². The quantitative estimate of drug-likeness (QED) is 0.771. The number of halogens is 2. The summed E-state index contributed by atoms with van der Waals surface area (Å²) < 4.78 is 4.95. The minimum absolute atomic E-state index is 0.141. The number of furan rings is 1. The highest BCUT2D eigenvalue weighted by molar-refractivity contribution is 6.37. The monoisotopic (exact) mass is 322 g/mol. The second-order valence-electron chi connectivity index (χ2n) is 4.10. The number of nitrogens with zero attached hydrogens (tertiary/aromatic N) is 2. The molecule has 0 atom stereocenters. The number of nitrogens with one attached hydrogen (secondary N) is 2. The van der Waals surface area contributed by atoms with Crippen LogP contribution in [0.3, 0.4) is 0 Å².